The van der Waals surface area contributed by atoms with Crippen molar-refractivity contribution < 1.29 is 0 Å². The third-order valence-corrected chi connectivity index (χ3v) is 3.21. The van der Waals surface area contributed by atoms with Gasteiger partial charge in [-0.05, 0) is 24.5 Å². The van der Waals surface area contributed by atoms with Crippen molar-refractivity contribution in [1.29, 1.82) is 0 Å². The smallest absolute Gasteiger partial charge is 0.00695 e. The highest BCUT2D eigenvalue weighted by Crippen LogP contribution is 2.18. The maximum absolute atomic E-state index is 4.41. The molecule has 0 aromatic carbocycles. The van der Waals surface area contributed by atoms with Gasteiger partial charge in [0.2, 0.25) is 0 Å². The van der Waals surface area contributed by atoms with Crippen molar-refractivity contribution in [2.45, 2.75) is 65.2 Å². The van der Waals surface area contributed by atoms with E-state index in [0.29, 0.717) is 0 Å². The van der Waals surface area contributed by atoms with E-state index < -0.39 is 0 Å². The minimum atomic E-state index is 0.889. The lowest BCUT2D eigenvalue weighted by Crippen LogP contribution is -2.02. The van der Waals surface area contributed by atoms with Gasteiger partial charge >= 0.3 is 0 Å². The fourth-order valence-electron chi connectivity index (χ4n) is 1.68. The molecule has 0 heterocycles. The van der Waals surface area contributed by atoms with Gasteiger partial charge in [-0.2, -0.15) is 12.6 Å². The summed E-state index contributed by atoms with van der Waals surface area (Å²) in [5, 5.41) is 0. The van der Waals surface area contributed by atoms with E-state index in [9.17, 15) is 0 Å². The summed E-state index contributed by atoms with van der Waals surface area (Å²) in [4.78, 5) is 0. The summed E-state index contributed by atoms with van der Waals surface area (Å²) in [5.74, 6) is 1.98. The number of rotatable bonds is 9. The second-order valence-corrected chi connectivity index (χ2v) is 4.41. The van der Waals surface area contributed by atoms with Crippen LogP contribution in [0.3, 0.4) is 0 Å². The molecule has 0 saturated heterocycles. The molecule has 1 unspecified atom stereocenters. The van der Waals surface area contributed by atoms with E-state index in [1.54, 1.807) is 0 Å². The van der Waals surface area contributed by atoms with E-state index in [1.807, 2.05) is 0 Å². The summed E-state index contributed by atoms with van der Waals surface area (Å²) >= 11 is 4.41. The van der Waals surface area contributed by atoms with Crippen molar-refractivity contribution in [2.75, 3.05) is 5.75 Å². The van der Waals surface area contributed by atoms with Crippen molar-refractivity contribution >= 4 is 12.6 Å². The second-order valence-electron chi connectivity index (χ2n) is 4.04. The van der Waals surface area contributed by atoms with Crippen LogP contribution in [0.4, 0.5) is 0 Å². The van der Waals surface area contributed by atoms with E-state index in [-0.39, 0.29) is 0 Å². The highest BCUT2D eigenvalue weighted by atomic mass is 32.1. The molecule has 0 radical (unpaired) electrons. The van der Waals surface area contributed by atoms with Crippen LogP contribution in [0.5, 0.6) is 0 Å². The molecular weight excluding hydrogens is 176 g/mol. The number of hydrogen-bond acceptors (Lipinski definition) is 1. The Balaban J connectivity index is 3.25. The van der Waals surface area contributed by atoms with Gasteiger partial charge in [0.25, 0.3) is 0 Å². The first-order chi connectivity index (χ1) is 6.35. The minimum absolute atomic E-state index is 0.889. The normalized spacial score (nSPS) is 13.2. The molecule has 0 aromatic heterocycles. The Morgan fingerprint density at radius 2 is 1.46 bits per heavy atom. The monoisotopic (exact) mass is 202 g/mol. The maximum atomic E-state index is 4.41. The average molecular weight is 202 g/mol. The van der Waals surface area contributed by atoms with Crippen LogP contribution in [0.25, 0.3) is 0 Å². The van der Waals surface area contributed by atoms with E-state index >= 15 is 0 Å². The molecule has 0 bridgehead atoms. The van der Waals surface area contributed by atoms with Crippen LogP contribution >= 0.6 is 12.6 Å². The SMILES string of the molecule is CCCCCCC(CS)CCCC. The fourth-order valence-corrected chi connectivity index (χ4v) is 2.04. The van der Waals surface area contributed by atoms with Crippen LogP contribution in [0.2, 0.25) is 0 Å². The molecule has 0 N–H and O–H groups in total. The molecule has 0 fully saturated rings. The lowest BCUT2D eigenvalue weighted by molar-refractivity contribution is 0.452. The standard InChI is InChI=1S/C12H26S/c1-3-5-7-8-10-12(11-13)9-6-4-2/h12-13H,3-11H2,1-2H3. The van der Waals surface area contributed by atoms with E-state index in [4.69, 9.17) is 0 Å². The molecule has 0 saturated carbocycles. The van der Waals surface area contributed by atoms with Crippen molar-refractivity contribution in [3.8, 4) is 0 Å². The zero-order chi connectivity index (χ0) is 9.94. The summed E-state index contributed by atoms with van der Waals surface area (Å²) in [6, 6.07) is 0. The highest BCUT2D eigenvalue weighted by Gasteiger charge is 2.04. The van der Waals surface area contributed by atoms with E-state index in [2.05, 4.69) is 26.5 Å². The summed E-state index contributed by atoms with van der Waals surface area (Å²) in [6.07, 6.45) is 11.1. The first kappa shape index (κ1) is 13.4. The lowest BCUT2D eigenvalue weighted by atomic mass is 9.97. The summed E-state index contributed by atoms with van der Waals surface area (Å²) < 4.78 is 0. The van der Waals surface area contributed by atoms with Crippen LogP contribution in [0, 0.1) is 5.92 Å². The first-order valence-corrected chi connectivity index (χ1v) is 6.59. The Hall–Kier alpha value is 0.350. The number of hydrogen-bond donors (Lipinski definition) is 1. The zero-order valence-corrected chi connectivity index (χ0v) is 10.3. The molecule has 0 nitrogen and oxygen atoms in total. The second kappa shape index (κ2) is 10.4. The Kier molecular flexibility index (Phi) is 10.7. The maximum Gasteiger partial charge on any atom is -0.00695 e. The molecule has 13 heavy (non-hydrogen) atoms. The Morgan fingerprint density at radius 3 is 2.00 bits per heavy atom. The van der Waals surface area contributed by atoms with Crippen LogP contribution in [-0.4, -0.2) is 5.75 Å². The van der Waals surface area contributed by atoms with Crippen LogP contribution < -0.4 is 0 Å². The first-order valence-electron chi connectivity index (χ1n) is 5.96. The van der Waals surface area contributed by atoms with Crippen LogP contribution in [0.1, 0.15) is 65.2 Å². The van der Waals surface area contributed by atoms with Gasteiger partial charge in [0.15, 0.2) is 0 Å². The molecule has 0 rings (SSSR count). The van der Waals surface area contributed by atoms with Gasteiger partial charge in [-0.25, -0.2) is 0 Å². The lowest BCUT2D eigenvalue weighted by Gasteiger charge is -2.13. The molecule has 0 amide bonds. The predicted molar refractivity (Wildman–Crippen MR) is 65.6 cm³/mol. The largest absolute Gasteiger partial charge is 0.179 e. The topological polar surface area (TPSA) is 0 Å². The Bertz CT molecular complexity index is 91.1. The fraction of sp³-hybridized carbons (Fsp3) is 1.00. The van der Waals surface area contributed by atoms with E-state index in [1.165, 1.54) is 51.4 Å². The highest BCUT2D eigenvalue weighted by molar-refractivity contribution is 7.80. The molecule has 1 heteroatoms. The van der Waals surface area contributed by atoms with Gasteiger partial charge in [-0.15, -0.1) is 0 Å². The molecular formula is C12H26S. The molecule has 0 aromatic rings. The predicted octanol–water partition coefficient (Wildman–Crippen LogP) is 4.69. The number of thiol groups is 1. The van der Waals surface area contributed by atoms with Gasteiger partial charge in [-0.3, -0.25) is 0 Å². The van der Waals surface area contributed by atoms with Gasteiger partial charge < -0.3 is 0 Å². The van der Waals surface area contributed by atoms with Crippen LogP contribution in [-0.2, 0) is 0 Å². The zero-order valence-electron chi connectivity index (χ0n) is 9.39. The molecule has 0 aliphatic carbocycles. The summed E-state index contributed by atoms with van der Waals surface area (Å²) in [7, 11) is 0. The van der Waals surface area contributed by atoms with Crippen molar-refractivity contribution in [2.24, 2.45) is 5.92 Å². The molecule has 80 valence electrons. The van der Waals surface area contributed by atoms with Gasteiger partial charge in [0.1, 0.15) is 0 Å². The quantitative estimate of drug-likeness (QED) is 0.407. The summed E-state index contributed by atoms with van der Waals surface area (Å²) in [6.45, 7) is 4.54. The van der Waals surface area contributed by atoms with Gasteiger partial charge in [0.05, 0.1) is 0 Å². The molecule has 0 aliphatic heterocycles. The summed E-state index contributed by atoms with van der Waals surface area (Å²) in [5.41, 5.74) is 0. The van der Waals surface area contributed by atoms with Crippen molar-refractivity contribution in [3.05, 3.63) is 0 Å². The van der Waals surface area contributed by atoms with Gasteiger partial charge in [0, 0.05) is 0 Å². The Labute approximate surface area is 89.9 Å². The average Bonchev–Trinajstić information content (AvgIpc) is 2.17. The number of unbranched alkanes of at least 4 members (excludes halogenated alkanes) is 4. The van der Waals surface area contributed by atoms with Crippen LogP contribution in [0.15, 0.2) is 0 Å². The molecule has 0 spiro atoms. The third-order valence-electron chi connectivity index (χ3n) is 2.69. The van der Waals surface area contributed by atoms with Crippen molar-refractivity contribution in [1.82, 2.24) is 0 Å². The van der Waals surface area contributed by atoms with Gasteiger partial charge in [-0.1, -0.05) is 52.4 Å². The van der Waals surface area contributed by atoms with E-state index in [0.717, 1.165) is 11.7 Å². The van der Waals surface area contributed by atoms with Crippen molar-refractivity contribution in [3.63, 3.8) is 0 Å². The third kappa shape index (κ3) is 8.67. The minimum Gasteiger partial charge on any atom is -0.179 e. The molecule has 1 atom stereocenters. The molecule has 0 aliphatic rings. The Morgan fingerprint density at radius 1 is 0.846 bits per heavy atom.